The molecule has 0 aromatic heterocycles. The largest absolute Gasteiger partial charge is 0.490 e. The molecule has 0 unspecified atom stereocenters. The van der Waals surface area contributed by atoms with E-state index >= 15 is 0 Å². The Kier molecular flexibility index (Phi) is 3.41. The Morgan fingerprint density at radius 2 is 2.07 bits per heavy atom. The van der Waals surface area contributed by atoms with Gasteiger partial charge in [-0.05, 0) is 6.42 Å². The molecule has 74 valence electrons. The SMILES string of the molecule is CCCOc1cc(C#N)c(F)cc1F. The molecule has 0 N–H and O–H groups in total. The molecule has 0 aliphatic heterocycles. The quantitative estimate of drug-likeness (QED) is 0.746. The minimum absolute atomic E-state index is 0.0789. The van der Waals surface area contributed by atoms with Gasteiger partial charge in [-0.1, -0.05) is 6.92 Å². The fourth-order valence-corrected chi connectivity index (χ4v) is 0.937. The molecule has 0 amide bonds. The van der Waals surface area contributed by atoms with E-state index in [9.17, 15) is 8.78 Å². The molecule has 2 nitrogen and oxygen atoms in total. The molecule has 0 spiro atoms. The first-order chi connectivity index (χ1) is 6.69. The molecule has 0 saturated heterocycles. The maximum absolute atomic E-state index is 13.0. The Bertz CT molecular complexity index is 371. The molecule has 14 heavy (non-hydrogen) atoms. The van der Waals surface area contributed by atoms with E-state index in [2.05, 4.69) is 0 Å². The van der Waals surface area contributed by atoms with Crippen molar-refractivity contribution >= 4 is 0 Å². The van der Waals surface area contributed by atoms with Crippen LogP contribution in [0.15, 0.2) is 12.1 Å². The van der Waals surface area contributed by atoms with Crippen LogP contribution < -0.4 is 4.74 Å². The molecule has 1 aromatic carbocycles. The van der Waals surface area contributed by atoms with Gasteiger partial charge >= 0.3 is 0 Å². The van der Waals surface area contributed by atoms with E-state index in [1.165, 1.54) is 0 Å². The van der Waals surface area contributed by atoms with E-state index in [0.29, 0.717) is 12.7 Å². The molecule has 0 fully saturated rings. The van der Waals surface area contributed by atoms with Crippen molar-refractivity contribution in [1.82, 2.24) is 0 Å². The summed E-state index contributed by atoms with van der Waals surface area (Å²) in [6, 6.07) is 3.34. The lowest BCUT2D eigenvalue weighted by atomic mass is 10.2. The first-order valence-corrected chi connectivity index (χ1v) is 4.21. The average Bonchev–Trinajstić information content (AvgIpc) is 2.17. The molecule has 0 radical (unpaired) electrons. The zero-order valence-corrected chi connectivity index (χ0v) is 7.68. The van der Waals surface area contributed by atoms with Gasteiger partial charge in [0, 0.05) is 12.1 Å². The predicted octanol–water partition coefficient (Wildman–Crippen LogP) is 2.63. The molecule has 0 aliphatic carbocycles. The summed E-state index contributed by atoms with van der Waals surface area (Å²) in [7, 11) is 0. The number of benzene rings is 1. The third-order valence-corrected chi connectivity index (χ3v) is 1.60. The molecule has 0 aliphatic rings. The fourth-order valence-electron chi connectivity index (χ4n) is 0.937. The average molecular weight is 197 g/mol. The zero-order chi connectivity index (χ0) is 10.6. The van der Waals surface area contributed by atoms with Crippen LogP contribution in [0.4, 0.5) is 8.78 Å². The number of hydrogen-bond donors (Lipinski definition) is 0. The van der Waals surface area contributed by atoms with E-state index in [1.54, 1.807) is 6.07 Å². The van der Waals surface area contributed by atoms with Crippen LogP contribution in [0.25, 0.3) is 0 Å². The lowest BCUT2D eigenvalue weighted by Crippen LogP contribution is -1.99. The van der Waals surface area contributed by atoms with Crippen molar-refractivity contribution in [2.45, 2.75) is 13.3 Å². The third kappa shape index (κ3) is 2.19. The monoisotopic (exact) mass is 197 g/mol. The van der Waals surface area contributed by atoms with Crippen molar-refractivity contribution in [2.75, 3.05) is 6.61 Å². The van der Waals surface area contributed by atoms with Crippen molar-refractivity contribution < 1.29 is 13.5 Å². The molecule has 0 saturated carbocycles. The maximum Gasteiger partial charge on any atom is 0.168 e. The van der Waals surface area contributed by atoms with Crippen LogP contribution in [0.3, 0.4) is 0 Å². The first kappa shape index (κ1) is 10.5. The van der Waals surface area contributed by atoms with Crippen molar-refractivity contribution in [3.63, 3.8) is 0 Å². The minimum atomic E-state index is -0.867. The topological polar surface area (TPSA) is 33.0 Å². The van der Waals surface area contributed by atoms with Crippen LogP contribution in [0, 0.1) is 23.0 Å². The first-order valence-electron chi connectivity index (χ1n) is 4.21. The highest BCUT2D eigenvalue weighted by Gasteiger charge is 2.10. The summed E-state index contributed by atoms with van der Waals surface area (Å²) < 4.78 is 30.8. The van der Waals surface area contributed by atoms with E-state index in [4.69, 9.17) is 10.00 Å². The van der Waals surface area contributed by atoms with Gasteiger partial charge in [0.1, 0.15) is 11.9 Å². The Morgan fingerprint density at radius 3 is 2.64 bits per heavy atom. The minimum Gasteiger partial charge on any atom is -0.490 e. The van der Waals surface area contributed by atoms with Gasteiger partial charge in [0.15, 0.2) is 11.6 Å². The van der Waals surface area contributed by atoms with Crippen LogP contribution in [-0.4, -0.2) is 6.61 Å². The van der Waals surface area contributed by atoms with Crippen LogP contribution >= 0.6 is 0 Å². The van der Waals surface area contributed by atoms with E-state index in [1.807, 2.05) is 6.92 Å². The van der Waals surface area contributed by atoms with Gasteiger partial charge in [-0.25, -0.2) is 8.78 Å². The van der Waals surface area contributed by atoms with Gasteiger partial charge < -0.3 is 4.74 Å². The summed E-state index contributed by atoms with van der Waals surface area (Å²) in [5.74, 6) is -1.73. The number of nitriles is 1. The van der Waals surface area contributed by atoms with Crippen molar-refractivity contribution in [3.8, 4) is 11.8 Å². The maximum atomic E-state index is 13.0. The lowest BCUT2D eigenvalue weighted by Gasteiger charge is -2.06. The second-order valence-corrected chi connectivity index (χ2v) is 2.72. The number of halogens is 2. The Hall–Kier alpha value is -1.63. The van der Waals surface area contributed by atoms with Crippen LogP contribution in [0.1, 0.15) is 18.9 Å². The normalized spacial score (nSPS) is 9.57. The van der Waals surface area contributed by atoms with Crippen LogP contribution in [0.2, 0.25) is 0 Å². The Labute approximate surface area is 80.7 Å². The molecule has 0 atom stereocenters. The number of ether oxygens (including phenoxy) is 1. The van der Waals surface area contributed by atoms with Gasteiger partial charge in [-0.2, -0.15) is 5.26 Å². The van der Waals surface area contributed by atoms with Crippen molar-refractivity contribution in [2.24, 2.45) is 0 Å². The molecule has 1 aromatic rings. The molecule has 0 heterocycles. The van der Waals surface area contributed by atoms with Gasteiger partial charge in [0.25, 0.3) is 0 Å². The lowest BCUT2D eigenvalue weighted by molar-refractivity contribution is 0.300. The third-order valence-electron chi connectivity index (χ3n) is 1.60. The van der Waals surface area contributed by atoms with Gasteiger partial charge in [-0.15, -0.1) is 0 Å². The molecule has 0 bridgehead atoms. The molecule has 4 heteroatoms. The van der Waals surface area contributed by atoms with E-state index < -0.39 is 11.6 Å². The predicted molar refractivity (Wildman–Crippen MR) is 46.9 cm³/mol. The summed E-state index contributed by atoms with van der Waals surface area (Å²) in [5, 5.41) is 8.49. The standard InChI is InChI=1S/C10H9F2NO/c1-2-3-14-10-4-7(6-13)8(11)5-9(10)12/h4-5H,2-3H2,1H3. The fraction of sp³-hybridized carbons (Fsp3) is 0.300. The Balaban J connectivity index is 3.00. The van der Waals surface area contributed by atoms with Crippen molar-refractivity contribution in [3.05, 3.63) is 29.3 Å². The number of nitrogens with zero attached hydrogens (tertiary/aromatic N) is 1. The summed E-state index contributed by atoms with van der Waals surface area (Å²) in [4.78, 5) is 0. The zero-order valence-electron chi connectivity index (χ0n) is 7.68. The van der Waals surface area contributed by atoms with Gasteiger partial charge in [0.05, 0.1) is 12.2 Å². The highest BCUT2D eigenvalue weighted by Crippen LogP contribution is 2.21. The van der Waals surface area contributed by atoms with Crippen molar-refractivity contribution in [1.29, 1.82) is 5.26 Å². The highest BCUT2D eigenvalue weighted by molar-refractivity contribution is 5.38. The second-order valence-electron chi connectivity index (χ2n) is 2.72. The second kappa shape index (κ2) is 4.56. The van der Waals surface area contributed by atoms with E-state index in [0.717, 1.165) is 12.5 Å². The summed E-state index contributed by atoms with van der Waals surface area (Å²) in [6.07, 6.45) is 0.721. The molecular weight excluding hydrogens is 188 g/mol. The smallest absolute Gasteiger partial charge is 0.168 e. The molecular formula is C10H9F2NO. The van der Waals surface area contributed by atoms with E-state index in [-0.39, 0.29) is 11.3 Å². The summed E-state index contributed by atoms with van der Waals surface area (Å²) in [5.41, 5.74) is -0.211. The van der Waals surface area contributed by atoms with Gasteiger partial charge in [-0.3, -0.25) is 0 Å². The number of hydrogen-bond acceptors (Lipinski definition) is 2. The summed E-state index contributed by atoms with van der Waals surface area (Å²) >= 11 is 0. The Morgan fingerprint density at radius 1 is 1.36 bits per heavy atom. The summed E-state index contributed by atoms with van der Waals surface area (Å²) in [6.45, 7) is 2.21. The van der Waals surface area contributed by atoms with Crippen LogP contribution in [0.5, 0.6) is 5.75 Å². The number of rotatable bonds is 3. The van der Waals surface area contributed by atoms with Gasteiger partial charge in [0.2, 0.25) is 0 Å². The van der Waals surface area contributed by atoms with Crippen LogP contribution in [-0.2, 0) is 0 Å². The highest BCUT2D eigenvalue weighted by atomic mass is 19.1. The molecule has 1 rings (SSSR count).